The minimum absolute atomic E-state index is 0.0613. The molecule has 1 amide bonds. The third kappa shape index (κ3) is 4.31. The van der Waals surface area contributed by atoms with Crippen molar-refractivity contribution in [3.05, 3.63) is 24.3 Å². The molecule has 4 nitrogen and oxygen atoms in total. The number of carbonyl (C=O) groups is 1. The highest BCUT2D eigenvalue weighted by Gasteiger charge is 2.33. The molecule has 3 rings (SSSR count). The number of hydrogen-bond acceptors (Lipinski definition) is 4. The fraction of sp³-hybridized carbons (Fsp3) is 0.579. The van der Waals surface area contributed by atoms with Crippen LogP contribution in [-0.2, 0) is 4.79 Å². The molecule has 5 heteroatoms. The van der Waals surface area contributed by atoms with Crippen LogP contribution in [0.5, 0.6) is 0 Å². The smallest absolute Gasteiger partial charge is 0.238 e. The van der Waals surface area contributed by atoms with Gasteiger partial charge in [0.25, 0.3) is 0 Å². The zero-order valence-corrected chi connectivity index (χ0v) is 14.9. The van der Waals surface area contributed by atoms with E-state index < -0.39 is 0 Å². The quantitative estimate of drug-likeness (QED) is 0.824. The maximum Gasteiger partial charge on any atom is 0.238 e. The minimum atomic E-state index is 0.0613. The number of benzene rings is 1. The second kappa shape index (κ2) is 8.55. The summed E-state index contributed by atoms with van der Waals surface area (Å²) in [4.78, 5) is 15.9. The standard InChI is InChI=1S/C19H25N3OS/c20-11-13-24-18-10-4-2-8-16(18)21-19(23)14-22-12-5-7-15-6-1-3-9-17(15)22/h2,4,8,10,15,17H,1,3,5-7,9,12-14H2,(H,21,23)/t15-,17+/m1/s1. The highest BCUT2D eigenvalue weighted by Crippen LogP contribution is 2.35. The third-order valence-electron chi connectivity index (χ3n) is 5.16. The van der Waals surface area contributed by atoms with Crippen molar-refractivity contribution in [1.82, 2.24) is 4.90 Å². The van der Waals surface area contributed by atoms with Crippen LogP contribution < -0.4 is 5.32 Å². The second-order valence-corrected chi connectivity index (χ2v) is 7.73. The van der Waals surface area contributed by atoms with Gasteiger partial charge in [0.15, 0.2) is 0 Å². The number of fused-ring (bicyclic) bond motifs is 1. The Labute approximate surface area is 148 Å². The second-order valence-electron chi connectivity index (χ2n) is 6.72. The van der Waals surface area contributed by atoms with Crippen molar-refractivity contribution >= 4 is 23.4 Å². The average molecular weight is 343 g/mol. The Balaban J connectivity index is 1.60. The van der Waals surface area contributed by atoms with Crippen molar-refractivity contribution in [3.63, 3.8) is 0 Å². The molecule has 0 unspecified atom stereocenters. The fourth-order valence-corrected chi connectivity index (χ4v) is 4.77. The summed E-state index contributed by atoms with van der Waals surface area (Å²) in [6.45, 7) is 1.53. The highest BCUT2D eigenvalue weighted by molar-refractivity contribution is 7.99. The first kappa shape index (κ1) is 17.3. The normalized spacial score (nSPS) is 24.0. The van der Waals surface area contributed by atoms with E-state index in [1.54, 1.807) is 0 Å². The van der Waals surface area contributed by atoms with Crippen molar-refractivity contribution < 1.29 is 4.79 Å². The van der Waals surface area contributed by atoms with Crippen LogP contribution in [0.25, 0.3) is 0 Å². The number of carbonyl (C=O) groups excluding carboxylic acids is 1. The molecule has 1 saturated carbocycles. The molecule has 1 aliphatic carbocycles. The summed E-state index contributed by atoms with van der Waals surface area (Å²) in [7, 11) is 0. The Morgan fingerprint density at radius 2 is 2.04 bits per heavy atom. The van der Waals surface area contributed by atoms with E-state index in [2.05, 4.69) is 16.3 Å². The van der Waals surface area contributed by atoms with Crippen LogP contribution in [0.3, 0.4) is 0 Å². The predicted octanol–water partition coefficient (Wildman–Crippen LogP) is 3.90. The van der Waals surface area contributed by atoms with Crippen LogP contribution in [0.2, 0.25) is 0 Å². The van der Waals surface area contributed by atoms with Crippen LogP contribution in [0, 0.1) is 17.2 Å². The van der Waals surface area contributed by atoms with Gasteiger partial charge < -0.3 is 5.32 Å². The minimum Gasteiger partial charge on any atom is -0.324 e. The summed E-state index contributed by atoms with van der Waals surface area (Å²) < 4.78 is 0. The van der Waals surface area contributed by atoms with Gasteiger partial charge in [0, 0.05) is 10.9 Å². The van der Waals surface area contributed by atoms with E-state index in [0.717, 1.165) is 23.0 Å². The van der Waals surface area contributed by atoms with Crippen molar-refractivity contribution in [2.24, 2.45) is 5.92 Å². The molecule has 2 atom stereocenters. The van der Waals surface area contributed by atoms with Gasteiger partial charge in [0.2, 0.25) is 5.91 Å². The number of thioether (sulfide) groups is 1. The molecule has 128 valence electrons. The predicted molar refractivity (Wildman–Crippen MR) is 98.0 cm³/mol. The number of rotatable bonds is 5. The number of nitrogens with one attached hydrogen (secondary N) is 1. The Morgan fingerprint density at radius 3 is 2.92 bits per heavy atom. The highest BCUT2D eigenvalue weighted by atomic mass is 32.2. The largest absolute Gasteiger partial charge is 0.324 e. The van der Waals surface area contributed by atoms with Gasteiger partial charge in [-0.15, -0.1) is 11.8 Å². The molecular weight excluding hydrogens is 318 g/mol. The van der Waals surface area contributed by atoms with Gasteiger partial charge in [-0.1, -0.05) is 25.0 Å². The molecule has 2 aliphatic rings. The van der Waals surface area contributed by atoms with E-state index in [9.17, 15) is 4.79 Å². The molecule has 1 heterocycles. The van der Waals surface area contributed by atoms with Gasteiger partial charge in [-0.25, -0.2) is 0 Å². The number of nitriles is 1. The van der Waals surface area contributed by atoms with Gasteiger partial charge in [0.1, 0.15) is 0 Å². The van der Waals surface area contributed by atoms with Gasteiger partial charge >= 0.3 is 0 Å². The number of para-hydroxylation sites is 1. The van der Waals surface area contributed by atoms with E-state index in [0.29, 0.717) is 18.3 Å². The average Bonchev–Trinajstić information content (AvgIpc) is 2.61. The molecule has 2 fully saturated rings. The first-order valence-electron chi connectivity index (χ1n) is 8.90. The van der Waals surface area contributed by atoms with Crippen molar-refractivity contribution in [2.75, 3.05) is 24.2 Å². The van der Waals surface area contributed by atoms with E-state index in [1.807, 2.05) is 24.3 Å². The summed E-state index contributed by atoms with van der Waals surface area (Å²) in [6, 6.07) is 10.5. The fourth-order valence-electron chi connectivity index (χ4n) is 4.10. The van der Waals surface area contributed by atoms with Gasteiger partial charge in [-0.05, 0) is 50.3 Å². The zero-order chi connectivity index (χ0) is 16.8. The molecule has 0 spiro atoms. The van der Waals surface area contributed by atoms with Gasteiger partial charge in [-0.3, -0.25) is 9.69 Å². The Hall–Kier alpha value is -1.51. The van der Waals surface area contributed by atoms with E-state index in [-0.39, 0.29) is 5.91 Å². The Bertz CT molecular complexity index is 611. The first-order chi connectivity index (χ1) is 11.8. The van der Waals surface area contributed by atoms with Crippen LogP contribution in [0.15, 0.2) is 29.2 Å². The molecule has 24 heavy (non-hydrogen) atoms. The lowest BCUT2D eigenvalue weighted by Crippen LogP contribution is -2.49. The summed E-state index contributed by atoms with van der Waals surface area (Å²) >= 11 is 1.46. The monoisotopic (exact) mass is 343 g/mol. The maximum atomic E-state index is 12.6. The topological polar surface area (TPSA) is 56.1 Å². The molecule has 1 aliphatic heterocycles. The molecule has 0 radical (unpaired) electrons. The van der Waals surface area contributed by atoms with Crippen molar-refractivity contribution in [1.29, 1.82) is 5.26 Å². The molecule has 0 bridgehead atoms. The van der Waals surface area contributed by atoms with E-state index in [4.69, 9.17) is 5.26 Å². The Kier molecular flexibility index (Phi) is 6.17. The van der Waals surface area contributed by atoms with Crippen molar-refractivity contribution in [3.8, 4) is 6.07 Å². The summed E-state index contributed by atoms with van der Waals surface area (Å²) in [5.74, 6) is 1.24. The Morgan fingerprint density at radius 1 is 1.25 bits per heavy atom. The number of anilines is 1. The molecule has 1 aromatic rings. The zero-order valence-electron chi connectivity index (χ0n) is 14.0. The lowest BCUT2D eigenvalue weighted by Gasteiger charge is -2.43. The maximum absolute atomic E-state index is 12.6. The molecule has 1 saturated heterocycles. The summed E-state index contributed by atoms with van der Waals surface area (Å²) in [5.41, 5.74) is 0.819. The third-order valence-corrected chi connectivity index (χ3v) is 6.10. The van der Waals surface area contributed by atoms with E-state index >= 15 is 0 Å². The molecule has 0 aromatic heterocycles. The summed E-state index contributed by atoms with van der Waals surface area (Å²) in [6.07, 6.45) is 7.76. The number of piperidine rings is 1. The van der Waals surface area contributed by atoms with Gasteiger partial charge in [-0.2, -0.15) is 5.26 Å². The lowest BCUT2D eigenvalue weighted by atomic mass is 9.78. The number of likely N-dealkylation sites (tertiary alicyclic amines) is 1. The number of amides is 1. The van der Waals surface area contributed by atoms with Crippen LogP contribution in [0.1, 0.15) is 38.5 Å². The van der Waals surface area contributed by atoms with Crippen molar-refractivity contribution in [2.45, 2.75) is 49.5 Å². The van der Waals surface area contributed by atoms with Crippen LogP contribution in [-0.4, -0.2) is 35.7 Å². The summed E-state index contributed by atoms with van der Waals surface area (Å²) in [5, 5.41) is 11.8. The SMILES string of the molecule is N#CCSc1ccccc1NC(=O)CN1CCC[C@H]2CCCC[C@@H]21. The molecular formula is C19H25N3OS. The van der Waals surface area contributed by atoms with Crippen LogP contribution >= 0.6 is 11.8 Å². The molecule has 1 aromatic carbocycles. The number of nitrogens with zero attached hydrogens (tertiary/aromatic N) is 2. The van der Waals surface area contributed by atoms with E-state index in [1.165, 1.54) is 50.3 Å². The number of hydrogen-bond donors (Lipinski definition) is 1. The first-order valence-corrected chi connectivity index (χ1v) is 9.89. The lowest BCUT2D eigenvalue weighted by molar-refractivity contribution is -0.118. The van der Waals surface area contributed by atoms with Crippen LogP contribution in [0.4, 0.5) is 5.69 Å². The van der Waals surface area contributed by atoms with Gasteiger partial charge in [0.05, 0.1) is 24.1 Å². The molecule has 1 N–H and O–H groups in total.